The molecule has 1 N–H and O–H groups in total. The molecule has 2 atom stereocenters. The summed E-state index contributed by atoms with van der Waals surface area (Å²) in [6, 6.07) is 0.334. The molecule has 3 heteroatoms. The van der Waals surface area contributed by atoms with Gasteiger partial charge in [0.1, 0.15) is 0 Å². The van der Waals surface area contributed by atoms with Crippen LogP contribution in [0.3, 0.4) is 0 Å². The number of rotatable bonds is 5. The van der Waals surface area contributed by atoms with E-state index in [0.717, 1.165) is 32.6 Å². The molecule has 16 heavy (non-hydrogen) atoms. The van der Waals surface area contributed by atoms with Crippen molar-refractivity contribution in [2.75, 3.05) is 26.8 Å². The summed E-state index contributed by atoms with van der Waals surface area (Å²) in [5.41, 5.74) is 0. The maximum atomic E-state index is 10.1. The van der Waals surface area contributed by atoms with Crippen molar-refractivity contribution in [2.45, 2.75) is 57.6 Å². The van der Waals surface area contributed by atoms with Crippen molar-refractivity contribution >= 4 is 0 Å². The average molecular weight is 229 g/mol. The van der Waals surface area contributed by atoms with Gasteiger partial charge in [0.15, 0.2) is 0 Å². The van der Waals surface area contributed by atoms with Crippen molar-refractivity contribution in [2.24, 2.45) is 0 Å². The predicted octanol–water partition coefficient (Wildman–Crippen LogP) is 2.04. The number of hydrogen-bond acceptors (Lipinski definition) is 3. The number of nitrogens with zero attached hydrogens (tertiary/aromatic N) is 1. The summed E-state index contributed by atoms with van der Waals surface area (Å²) < 4.78 is 5.36. The van der Waals surface area contributed by atoms with Crippen molar-refractivity contribution in [3.8, 4) is 0 Å². The van der Waals surface area contributed by atoms with Crippen molar-refractivity contribution in [1.82, 2.24) is 4.90 Å². The molecule has 1 saturated carbocycles. The van der Waals surface area contributed by atoms with Gasteiger partial charge in [0.25, 0.3) is 0 Å². The second-order valence-corrected chi connectivity index (χ2v) is 4.80. The molecule has 0 heterocycles. The molecule has 0 saturated heterocycles. The summed E-state index contributed by atoms with van der Waals surface area (Å²) in [6.07, 6.45) is 6.98. The molecule has 0 aromatic heterocycles. The van der Waals surface area contributed by atoms with Crippen LogP contribution in [0.15, 0.2) is 0 Å². The fraction of sp³-hybridized carbons (Fsp3) is 1.00. The van der Waals surface area contributed by atoms with Crippen LogP contribution < -0.4 is 0 Å². The fourth-order valence-corrected chi connectivity index (χ4v) is 2.48. The summed E-state index contributed by atoms with van der Waals surface area (Å²) in [5.74, 6) is 0. The summed E-state index contributed by atoms with van der Waals surface area (Å²) in [5, 5.41) is 10.1. The van der Waals surface area contributed by atoms with Crippen molar-refractivity contribution < 1.29 is 9.84 Å². The molecule has 2 unspecified atom stereocenters. The highest BCUT2D eigenvalue weighted by atomic mass is 16.5. The van der Waals surface area contributed by atoms with E-state index in [1.165, 1.54) is 25.7 Å². The molecule has 1 rings (SSSR count). The average Bonchev–Trinajstić information content (AvgIpc) is 2.24. The maximum Gasteiger partial charge on any atom is 0.0695 e. The summed E-state index contributed by atoms with van der Waals surface area (Å²) in [7, 11) is 2.11. The monoisotopic (exact) mass is 229 g/mol. The highest BCUT2D eigenvalue weighted by Crippen LogP contribution is 2.21. The Morgan fingerprint density at radius 2 is 1.88 bits per heavy atom. The molecule has 3 nitrogen and oxygen atoms in total. The molecule has 0 spiro atoms. The van der Waals surface area contributed by atoms with Gasteiger partial charge in [0.05, 0.1) is 12.7 Å². The SMILES string of the molecule is CCOCCN(C)C1CCCCCCC1O. The first kappa shape index (κ1) is 13.9. The van der Waals surface area contributed by atoms with E-state index in [-0.39, 0.29) is 6.10 Å². The van der Waals surface area contributed by atoms with Gasteiger partial charge < -0.3 is 9.84 Å². The van der Waals surface area contributed by atoms with Gasteiger partial charge >= 0.3 is 0 Å². The van der Waals surface area contributed by atoms with Crippen LogP contribution in [0.5, 0.6) is 0 Å². The van der Waals surface area contributed by atoms with Crippen LogP contribution in [0.4, 0.5) is 0 Å². The van der Waals surface area contributed by atoms with Crippen molar-refractivity contribution in [3.05, 3.63) is 0 Å². The number of hydrogen-bond donors (Lipinski definition) is 1. The predicted molar refractivity (Wildman–Crippen MR) is 66.6 cm³/mol. The minimum atomic E-state index is -0.146. The third kappa shape index (κ3) is 4.81. The Balaban J connectivity index is 2.33. The van der Waals surface area contributed by atoms with E-state index in [0.29, 0.717) is 6.04 Å². The van der Waals surface area contributed by atoms with E-state index in [9.17, 15) is 5.11 Å². The zero-order valence-electron chi connectivity index (χ0n) is 10.8. The highest BCUT2D eigenvalue weighted by molar-refractivity contribution is 4.79. The fourth-order valence-electron chi connectivity index (χ4n) is 2.48. The molecule has 0 aromatic rings. The number of aliphatic hydroxyl groups is 1. The van der Waals surface area contributed by atoms with E-state index in [2.05, 4.69) is 11.9 Å². The third-order valence-corrected chi connectivity index (χ3v) is 3.55. The van der Waals surface area contributed by atoms with Gasteiger partial charge in [-0.15, -0.1) is 0 Å². The van der Waals surface area contributed by atoms with Crippen LogP contribution in [-0.2, 0) is 4.74 Å². The standard InChI is InChI=1S/C13H27NO2/c1-3-16-11-10-14(2)12-8-6-4-5-7-9-13(12)15/h12-13,15H,3-11H2,1-2H3. The largest absolute Gasteiger partial charge is 0.391 e. The molecule has 1 aliphatic carbocycles. The normalized spacial score (nSPS) is 27.8. The molecule has 1 fully saturated rings. The first-order chi connectivity index (χ1) is 7.75. The molecule has 0 bridgehead atoms. The van der Waals surface area contributed by atoms with Crippen LogP contribution in [-0.4, -0.2) is 49.0 Å². The molecule has 0 aliphatic heterocycles. The zero-order chi connectivity index (χ0) is 11.8. The molecule has 0 radical (unpaired) electrons. The topological polar surface area (TPSA) is 32.7 Å². The van der Waals surface area contributed by atoms with E-state index >= 15 is 0 Å². The van der Waals surface area contributed by atoms with Crippen LogP contribution >= 0.6 is 0 Å². The van der Waals surface area contributed by atoms with Gasteiger partial charge in [-0.05, 0) is 26.8 Å². The van der Waals surface area contributed by atoms with Gasteiger partial charge in [-0.2, -0.15) is 0 Å². The van der Waals surface area contributed by atoms with Gasteiger partial charge in [-0.3, -0.25) is 4.90 Å². The Bertz CT molecular complexity index is 175. The van der Waals surface area contributed by atoms with E-state index < -0.39 is 0 Å². The quantitative estimate of drug-likeness (QED) is 0.732. The lowest BCUT2D eigenvalue weighted by molar-refractivity contribution is 0.0279. The molecule has 96 valence electrons. The first-order valence-corrected chi connectivity index (χ1v) is 6.71. The lowest BCUT2D eigenvalue weighted by Crippen LogP contribution is -2.43. The van der Waals surface area contributed by atoms with Crippen molar-refractivity contribution in [3.63, 3.8) is 0 Å². The smallest absolute Gasteiger partial charge is 0.0695 e. The number of likely N-dealkylation sites (N-methyl/N-ethyl adjacent to an activating group) is 1. The highest BCUT2D eigenvalue weighted by Gasteiger charge is 2.23. The van der Waals surface area contributed by atoms with Gasteiger partial charge in [0.2, 0.25) is 0 Å². The molecule has 0 amide bonds. The van der Waals surface area contributed by atoms with Crippen molar-refractivity contribution in [1.29, 1.82) is 0 Å². The summed E-state index contributed by atoms with van der Waals surface area (Å²) in [4.78, 5) is 2.27. The lowest BCUT2D eigenvalue weighted by Gasteiger charge is -2.33. The van der Waals surface area contributed by atoms with Gasteiger partial charge in [-0.25, -0.2) is 0 Å². The summed E-state index contributed by atoms with van der Waals surface area (Å²) >= 11 is 0. The van der Waals surface area contributed by atoms with Crippen LogP contribution in [0.25, 0.3) is 0 Å². The Labute approximate surface area is 99.8 Å². The van der Waals surface area contributed by atoms with Crippen LogP contribution in [0.1, 0.15) is 45.4 Å². The zero-order valence-corrected chi connectivity index (χ0v) is 10.8. The number of ether oxygens (including phenoxy) is 1. The van der Waals surface area contributed by atoms with Crippen LogP contribution in [0, 0.1) is 0 Å². The van der Waals surface area contributed by atoms with E-state index in [4.69, 9.17) is 4.74 Å². The molecular formula is C13H27NO2. The van der Waals surface area contributed by atoms with E-state index in [1.807, 2.05) is 6.92 Å². The van der Waals surface area contributed by atoms with Gasteiger partial charge in [-0.1, -0.05) is 25.7 Å². The molecular weight excluding hydrogens is 202 g/mol. The molecule has 1 aliphatic rings. The second kappa shape index (κ2) is 8.04. The lowest BCUT2D eigenvalue weighted by atomic mass is 9.93. The molecule has 0 aromatic carbocycles. The Morgan fingerprint density at radius 3 is 2.56 bits per heavy atom. The maximum absolute atomic E-state index is 10.1. The number of aliphatic hydroxyl groups excluding tert-OH is 1. The Kier molecular flexibility index (Phi) is 7.01. The first-order valence-electron chi connectivity index (χ1n) is 6.71. The minimum absolute atomic E-state index is 0.146. The third-order valence-electron chi connectivity index (χ3n) is 3.55. The van der Waals surface area contributed by atoms with Gasteiger partial charge in [0, 0.05) is 19.2 Å². The minimum Gasteiger partial charge on any atom is -0.391 e. The Morgan fingerprint density at radius 1 is 1.19 bits per heavy atom. The van der Waals surface area contributed by atoms with E-state index in [1.54, 1.807) is 0 Å². The van der Waals surface area contributed by atoms with Crippen LogP contribution in [0.2, 0.25) is 0 Å². The second-order valence-electron chi connectivity index (χ2n) is 4.80. The summed E-state index contributed by atoms with van der Waals surface area (Å²) in [6.45, 7) is 4.50. The Hall–Kier alpha value is -0.120.